The molecule has 2 aliphatic carbocycles. The third-order valence-corrected chi connectivity index (χ3v) is 4.11. The van der Waals surface area contributed by atoms with Crippen LogP contribution in [-0.2, 0) is 6.42 Å². The second kappa shape index (κ2) is 3.98. The summed E-state index contributed by atoms with van der Waals surface area (Å²) in [5.41, 5.74) is 0.640. The molecule has 1 saturated carbocycles. The number of fused-ring (bicyclic) bond motifs is 1. The Balaban J connectivity index is 1.83. The van der Waals surface area contributed by atoms with E-state index in [-0.39, 0.29) is 18.9 Å². The van der Waals surface area contributed by atoms with Crippen molar-refractivity contribution in [2.75, 3.05) is 0 Å². The topological polar surface area (TPSA) is 12.0 Å². The number of halogens is 3. The van der Waals surface area contributed by atoms with E-state index in [0.29, 0.717) is 0 Å². The van der Waals surface area contributed by atoms with Gasteiger partial charge in [-0.05, 0) is 43.2 Å². The Morgan fingerprint density at radius 3 is 2.56 bits per heavy atom. The fourth-order valence-corrected chi connectivity index (χ4v) is 2.87. The van der Waals surface area contributed by atoms with Gasteiger partial charge in [-0.2, -0.15) is 13.2 Å². The van der Waals surface area contributed by atoms with Crippen LogP contribution in [0, 0.1) is 0 Å². The summed E-state index contributed by atoms with van der Waals surface area (Å²) in [5.74, 6) is 0. The fourth-order valence-electron chi connectivity index (χ4n) is 2.87. The van der Waals surface area contributed by atoms with E-state index in [1.54, 1.807) is 0 Å². The number of benzene rings is 1. The Hall–Kier alpha value is -1.03. The van der Waals surface area contributed by atoms with Crippen LogP contribution in [0.15, 0.2) is 24.3 Å². The van der Waals surface area contributed by atoms with Crippen molar-refractivity contribution in [1.29, 1.82) is 0 Å². The molecule has 2 aliphatic rings. The van der Waals surface area contributed by atoms with E-state index in [1.807, 2.05) is 24.3 Å². The molecule has 4 heteroatoms. The quantitative estimate of drug-likeness (QED) is 0.848. The van der Waals surface area contributed by atoms with E-state index in [0.717, 1.165) is 24.8 Å². The molecule has 1 unspecified atom stereocenters. The number of rotatable bonds is 2. The predicted octanol–water partition coefficient (Wildman–Crippen LogP) is 3.75. The molecule has 3 rings (SSSR count). The van der Waals surface area contributed by atoms with Gasteiger partial charge in [0, 0.05) is 6.04 Å². The summed E-state index contributed by atoms with van der Waals surface area (Å²) < 4.78 is 38.9. The van der Waals surface area contributed by atoms with Crippen molar-refractivity contribution < 1.29 is 13.2 Å². The number of hydrogen-bond donors (Lipinski definition) is 1. The monoisotopic (exact) mass is 255 g/mol. The van der Waals surface area contributed by atoms with Gasteiger partial charge in [-0.15, -0.1) is 0 Å². The van der Waals surface area contributed by atoms with Crippen molar-refractivity contribution >= 4 is 0 Å². The molecule has 1 fully saturated rings. The first-order valence-corrected chi connectivity index (χ1v) is 6.44. The molecule has 1 N–H and O–H groups in total. The summed E-state index contributed by atoms with van der Waals surface area (Å²) in [6.45, 7) is 0. The molecule has 0 radical (unpaired) electrons. The maximum atomic E-state index is 13.0. The van der Waals surface area contributed by atoms with Crippen molar-refractivity contribution in [3.05, 3.63) is 35.4 Å². The van der Waals surface area contributed by atoms with Gasteiger partial charge in [0.1, 0.15) is 5.54 Å². The van der Waals surface area contributed by atoms with Gasteiger partial charge in [-0.3, -0.25) is 5.32 Å². The smallest absolute Gasteiger partial charge is 0.297 e. The molecule has 1 aromatic rings. The van der Waals surface area contributed by atoms with Gasteiger partial charge in [0.05, 0.1) is 0 Å². The zero-order valence-corrected chi connectivity index (χ0v) is 10.1. The lowest BCUT2D eigenvalue weighted by Crippen LogP contribution is -2.47. The molecule has 0 heterocycles. The van der Waals surface area contributed by atoms with Crippen LogP contribution in [-0.4, -0.2) is 11.7 Å². The van der Waals surface area contributed by atoms with Crippen LogP contribution in [0.25, 0.3) is 0 Å². The van der Waals surface area contributed by atoms with Gasteiger partial charge >= 0.3 is 6.18 Å². The third-order valence-electron chi connectivity index (χ3n) is 4.11. The predicted molar refractivity (Wildman–Crippen MR) is 63.3 cm³/mol. The molecule has 98 valence electrons. The Labute approximate surface area is 104 Å². The minimum Gasteiger partial charge on any atom is -0.297 e. The van der Waals surface area contributed by atoms with Crippen molar-refractivity contribution in [3.8, 4) is 0 Å². The van der Waals surface area contributed by atoms with E-state index < -0.39 is 11.7 Å². The van der Waals surface area contributed by atoms with Gasteiger partial charge < -0.3 is 0 Å². The molecule has 0 spiro atoms. The van der Waals surface area contributed by atoms with Crippen LogP contribution in [0.5, 0.6) is 0 Å². The maximum absolute atomic E-state index is 13.0. The van der Waals surface area contributed by atoms with E-state index in [9.17, 15) is 13.2 Å². The van der Waals surface area contributed by atoms with Crippen LogP contribution >= 0.6 is 0 Å². The summed E-state index contributed by atoms with van der Waals surface area (Å²) in [4.78, 5) is 0. The summed E-state index contributed by atoms with van der Waals surface area (Å²) in [6.07, 6.45) is -0.950. The summed E-state index contributed by atoms with van der Waals surface area (Å²) in [7, 11) is 0. The van der Waals surface area contributed by atoms with Crippen LogP contribution in [0.3, 0.4) is 0 Å². The third kappa shape index (κ3) is 1.92. The highest BCUT2D eigenvalue weighted by Crippen LogP contribution is 2.51. The standard InChI is InChI=1S/C14H16F3N/c15-14(16,17)13(8-9-13)18-12-7-3-5-10-4-1-2-6-11(10)12/h1-2,4,6,12,18H,3,5,7-9H2. The Bertz CT molecular complexity index is 449. The molecular weight excluding hydrogens is 239 g/mol. The number of alkyl halides is 3. The summed E-state index contributed by atoms with van der Waals surface area (Å²) in [6, 6.07) is 7.71. The van der Waals surface area contributed by atoms with Crippen molar-refractivity contribution in [1.82, 2.24) is 5.32 Å². The van der Waals surface area contributed by atoms with Crippen LogP contribution in [0.1, 0.15) is 42.9 Å². The minimum atomic E-state index is -4.13. The second-order valence-corrected chi connectivity index (χ2v) is 5.37. The maximum Gasteiger partial charge on any atom is 0.406 e. The first kappa shape index (κ1) is 12.0. The van der Waals surface area contributed by atoms with Gasteiger partial charge in [-0.1, -0.05) is 24.3 Å². The molecule has 0 aliphatic heterocycles. The zero-order valence-electron chi connectivity index (χ0n) is 10.1. The fraction of sp³-hybridized carbons (Fsp3) is 0.571. The Morgan fingerprint density at radius 1 is 1.17 bits per heavy atom. The lowest BCUT2D eigenvalue weighted by atomic mass is 9.87. The minimum absolute atomic E-state index is 0.140. The van der Waals surface area contributed by atoms with Gasteiger partial charge in [-0.25, -0.2) is 0 Å². The molecule has 0 saturated heterocycles. The molecule has 0 bridgehead atoms. The van der Waals surface area contributed by atoms with Gasteiger partial charge in [0.15, 0.2) is 0 Å². The molecule has 18 heavy (non-hydrogen) atoms. The normalized spacial score (nSPS) is 25.6. The highest BCUT2D eigenvalue weighted by molar-refractivity contribution is 5.33. The highest BCUT2D eigenvalue weighted by atomic mass is 19.4. The second-order valence-electron chi connectivity index (χ2n) is 5.37. The lowest BCUT2D eigenvalue weighted by Gasteiger charge is -2.31. The van der Waals surface area contributed by atoms with Crippen molar-refractivity contribution in [2.45, 2.75) is 49.9 Å². The molecule has 1 atom stereocenters. The molecular formula is C14H16F3N. The highest BCUT2D eigenvalue weighted by Gasteiger charge is 2.63. The number of nitrogens with one attached hydrogen (secondary N) is 1. The van der Waals surface area contributed by atoms with Crippen LogP contribution in [0.4, 0.5) is 13.2 Å². The number of hydrogen-bond acceptors (Lipinski definition) is 1. The van der Waals surface area contributed by atoms with Crippen molar-refractivity contribution in [3.63, 3.8) is 0 Å². The lowest BCUT2D eigenvalue weighted by molar-refractivity contribution is -0.168. The Morgan fingerprint density at radius 2 is 1.89 bits per heavy atom. The molecule has 0 aromatic heterocycles. The average Bonchev–Trinajstić information content (AvgIpc) is 3.10. The molecule has 0 amide bonds. The van der Waals surface area contributed by atoms with Gasteiger partial charge in [0.25, 0.3) is 0 Å². The van der Waals surface area contributed by atoms with Gasteiger partial charge in [0.2, 0.25) is 0 Å². The van der Waals surface area contributed by atoms with E-state index in [1.165, 1.54) is 5.56 Å². The first-order chi connectivity index (χ1) is 8.52. The largest absolute Gasteiger partial charge is 0.406 e. The molecule has 1 nitrogen and oxygen atoms in total. The van der Waals surface area contributed by atoms with E-state index in [4.69, 9.17) is 0 Å². The number of aryl methyl sites for hydroxylation is 1. The first-order valence-electron chi connectivity index (χ1n) is 6.44. The molecule has 1 aromatic carbocycles. The SMILES string of the molecule is FC(F)(F)C1(NC2CCCc3ccccc32)CC1. The van der Waals surface area contributed by atoms with Crippen LogP contribution < -0.4 is 5.32 Å². The van der Waals surface area contributed by atoms with Crippen molar-refractivity contribution in [2.24, 2.45) is 0 Å². The zero-order chi connectivity index (χ0) is 12.8. The van der Waals surface area contributed by atoms with E-state index in [2.05, 4.69) is 5.32 Å². The Kier molecular flexibility index (Phi) is 2.66. The van der Waals surface area contributed by atoms with Crippen LogP contribution in [0.2, 0.25) is 0 Å². The average molecular weight is 255 g/mol. The summed E-state index contributed by atoms with van der Waals surface area (Å²) in [5, 5.41) is 2.88. The van der Waals surface area contributed by atoms with E-state index >= 15 is 0 Å². The summed E-state index contributed by atoms with van der Waals surface area (Å²) >= 11 is 0.